The molecule has 1 aromatic carbocycles. The minimum atomic E-state index is -1.28. The highest BCUT2D eigenvalue weighted by molar-refractivity contribution is 5.82. The maximum absolute atomic E-state index is 12.4. The first kappa shape index (κ1) is 23.9. The van der Waals surface area contributed by atoms with Crippen molar-refractivity contribution in [2.75, 3.05) is 0 Å². The van der Waals surface area contributed by atoms with Gasteiger partial charge in [0.2, 0.25) is 5.91 Å². The molecule has 28 heavy (non-hydrogen) atoms. The Kier molecular flexibility index (Phi) is 9.41. The highest BCUT2D eigenvalue weighted by atomic mass is 16.6. The molecule has 0 spiro atoms. The first-order chi connectivity index (χ1) is 13.0. The van der Waals surface area contributed by atoms with Crippen molar-refractivity contribution >= 4 is 12.0 Å². The van der Waals surface area contributed by atoms with E-state index in [0.29, 0.717) is 6.42 Å². The molecule has 0 fully saturated rings. The second-order valence-electron chi connectivity index (χ2n) is 8.16. The number of hydrogen-bond acceptors (Lipinski definition) is 5. The van der Waals surface area contributed by atoms with Crippen molar-refractivity contribution < 1.29 is 19.4 Å². The molecule has 4 atom stereocenters. The number of carbonyl (C=O) groups is 2. The number of benzene rings is 1. The Bertz CT molecular complexity index is 616. The van der Waals surface area contributed by atoms with E-state index in [1.807, 2.05) is 44.2 Å². The van der Waals surface area contributed by atoms with Gasteiger partial charge in [0.05, 0.1) is 12.1 Å². The molecule has 0 saturated heterocycles. The fourth-order valence-electron chi connectivity index (χ4n) is 2.83. The molecule has 2 amide bonds. The number of alkyl carbamates (subject to hydrolysis) is 1. The van der Waals surface area contributed by atoms with Crippen molar-refractivity contribution in [1.29, 1.82) is 0 Å². The smallest absolute Gasteiger partial charge is 0.407 e. The van der Waals surface area contributed by atoms with Gasteiger partial charge in [0, 0.05) is 6.04 Å². The van der Waals surface area contributed by atoms with E-state index in [1.165, 1.54) is 0 Å². The third-order valence-corrected chi connectivity index (χ3v) is 4.19. The summed E-state index contributed by atoms with van der Waals surface area (Å²) in [4.78, 5) is 24.6. The van der Waals surface area contributed by atoms with Crippen molar-refractivity contribution in [2.24, 2.45) is 5.73 Å². The molecule has 0 radical (unpaired) electrons. The zero-order chi connectivity index (χ0) is 21.3. The topological polar surface area (TPSA) is 114 Å². The van der Waals surface area contributed by atoms with Crippen LogP contribution in [0.1, 0.15) is 53.0 Å². The average molecular weight is 394 g/mol. The van der Waals surface area contributed by atoms with Crippen LogP contribution >= 0.6 is 0 Å². The van der Waals surface area contributed by atoms with Crippen LogP contribution in [-0.4, -0.2) is 46.9 Å². The van der Waals surface area contributed by atoms with Crippen LogP contribution in [0.25, 0.3) is 0 Å². The van der Waals surface area contributed by atoms with Crippen molar-refractivity contribution in [3.8, 4) is 0 Å². The lowest BCUT2D eigenvalue weighted by Crippen LogP contribution is -2.58. The van der Waals surface area contributed by atoms with Gasteiger partial charge in [0.25, 0.3) is 0 Å². The largest absolute Gasteiger partial charge is 0.444 e. The second kappa shape index (κ2) is 11.0. The van der Waals surface area contributed by atoms with E-state index >= 15 is 0 Å². The van der Waals surface area contributed by atoms with Crippen molar-refractivity contribution in [3.05, 3.63) is 35.9 Å². The van der Waals surface area contributed by atoms with Gasteiger partial charge in [0.15, 0.2) is 0 Å². The SMILES string of the molecule is CCCC(C)NC(=O)[C@@H](N)[C@@H](O)[C@H](Cc1ccccc1)NC(=O)OC(C)(C)C. The van der Waals surface area contributed by atoms with Gasteiger partial charge in [-0.25, -0.2) is 4.79 Å². The number of carbonyl (C=O) groups excluding carboxylic acids is 2. The molecule has 0 aliphatic rings. The molecule has 1 rings (SSSR count). The van der Waals surface area contributed by atoms with Crippen molar-refractivity contribution in [2.45, 2.75) is 83.7 Å². The van der Waals surface area contributed by atoms with Gasteiger partial charge in [-0.3, -0.25) is 4.79 Å². The van der Waals surface area contributed by atoms with E-state index in [4.69, 9.17) is 10.5 Å². The number of rotatable bonds is 9. The Morgan fingerprint density at radius 1 is 1.18 bits per heavy atom. The molecule has 7 nitrogen and oxygen atoms in total. The van der Waals surface area contributed by atoms with Crippen LogP contribution in [0.3, 0.4) is 0 Å². The monoisotopic (exact) mass is 393 g/mol. The summed E-state index contributed by atoms with van der Waals surface area (Å²) in [5.41, 5.74) is 6.23. The fraction of sp³-hybridized carbons (Fsp3) is 0.619. The summed E-state index contributed by atoms with van der Waals surface area (Å²) in [6, 6.07) is 7.38. The number of nitrogens with one attached hydrogen (secondary N) is 2. The summed E-state index contributed by atoms with van der Waals surface area (Å²) in [6.07, 6.45) is 0.113. The molecule has 0 heterocycles. The van der Waals surface area contributed by atoms with Crippen LogP contribution in [0.2, 0.25) is 0 Å². The summed E-state index contributed by atoms with van der Waals surface area (Å²) < 4.78 is 5.29. The van der Waals surface area contributed by atoms with Gasteiger partial charge in [-0.15, -0.1) is 0 Å². The maximum atomic E-state index is 12.4. The number of ether oxygens (including phenoxy) is 1. The fourth-order valence-corrected chi connectivity index (χ4v) is 2.83. The number of hydrogen-bond donors (Lipinski definition) is 4. The molecule has 0 aliphatic heterocycles. The van der Waals surface area contributed by atoms with E-state index in [-0.39, 0.29) is 6.04 Å². The zero-order valence-corrected chi connectivity index (χ0v) is 17.6. The first-order valence-electron chi connectivity index (χ1n) is 9.81. The Balaban J connectivity index is 2.89. The maximum Gasteiger partial charge on any atom is 0.407 e. The molecule has 0 aromatic heterocycles. The lowest BCUT2D eigenvalue weighted by atomic mass is 9.96. The Morgan fingerprint density at radius 2 is 1.79 bits per heavy atom. The van der Waals surface area contributed by atoms with Crippen LogP contribution in [-0.2, 0) is 16.0 Å². The minimum absolute atomic E-state index is 0.0397. The molecule has 0 bridgehead atoms. The molecular formula is C21H35N3O4. The second-order valence-corrected chi connectivity index (χ2v) is 8.16. The van der Waals surface area contributed by atoms with Gasteiger partial charge < -0.3 is 26.2 Å². The van der Waals surface area contributed by atoms with E-state index in [2.05, 4.69) is 10.6 Å². The van der Waals surface area contributed by atoms with Crippen LogP contribution in [0.15, 0.2) is 30.3 Å². The summed E-state index contributed by atoms with van der Waals surface area (Å²) in [5, 5.41) is 16.2. The predicted molar refractivity (Wildman–Crippen MR) is 110 cm³/mol. The van der Waals surface area contributed by atoms with Crippen LogP contribution < -0.4 is 16.4 Å². The number of amides is 2. The molecule has 0 aliphatic carbocycles. The van der Waals surface area contributed by atoms with Gasteiger partial charge in [-0.05, 0) is 46.1 Å². The lowest BCUT2D eigenvalue weighted by molar-refractivity contribution is -0.126. The standard InChI is InChI=1S/C21H35N3O4/c1-6-10-14(2)23-19(26)17(22)18(25)16(13-15-11-8-7-9-12-15)24-20(27)28-21(3,4)5/h7-9,11-12,14,16-18,25H,6,10,13,22H2,1-5H3,(H,23,26)(H,24,27)/t14?,16-,17-,18-/m0/s1. The molecule has 1 aromatic rings. The summed E-state index contributed by atoms with van der Waals surface area (Å²) in [7, 11) is 0. The van der Waals surface area contributed by atoms with Gasteiger partial charge in [-0.1, -0.05) is 43.7 Å². The van der Waals surface area contributed by atoms with E-state index in [9.17, 15) is 14.7 Å². The van der Waals surface area contributed by atoms with Crippen LogP contribution in [0.5, 0.6) is 0 Å². The average Bonchev–Trinajstić information content (AvgIpc) is 2.59. The highest BCUT2D eigenvalue weighted by Crippen LogP contribution is 2.12. The van der Waals surface area contributed by atoms with Gasteiger partial charge >= 0.3 is 6.09 Å². The molecule has 0 saturated carbocycles. The summed E-state index contributed by atoms with van der Waals surface area (Å²) >= 11 is 0. The van der Waals surface area contributed by atoms with Crippen LogP contribution in [0, 0.1) is 0 Å². The lowest BCUT2D eigenvalue weighted by Gasteiger charge is -2.30. The van der Waals surface area contributed by atoms with Gasteiger partial charge in [0.1, 0.15) is 11.6 Å². The van der Waals surface area contributed by atoms with E-state index in [1.54, 1.807) is 20.8 Å². The Morgan fingerprint density at radius 3 is 2.32 bits per heavy atom. The summed E-state index contributed by atoms with van der Waals surface area (Å²) in [5.74, 6) is -0.447. The first-order valence-corrected chi connectivity index (χ1v) is 9.81. The molecule has 7 heteroatoms. The normalized spacial score (nSPS) is 15.8. The van der Waals surface area contributed by atoms with Crippen LogP contribution in [0.4, 0.5) is 4.79 Å². The molecule has 158 valence electrons. The minimum Gasteiger partial charge on any atom is -0.444 e. The quantitative estimate of drug-likeness (QED) is 0.513. The number of aliphatic hydroxyl groups excluding tert-OH is 1. The highest BCUT2D eigenvalue weighted by Gasteiger charge is 2.33. The van der Waals surface area contributed by atoms with Crippen molar-refractivity contribution in [3.63, 3.8) is 0 Å². The number of aliphatic hydroxyl groups is 1. The Labute approximate surface area is 168 Å². The third kappa shape index (κ3) is 8.71. The van der Waals surface area contributed by atoms with Gasteiger partial charge in [-0.2, -0.15) is 0 Å². The van der Waals surface area contributed by atoms with Crippen molar-refractivity contribution in [1.82, 2.24) is 10.6 Å². The molecule has 1 unspecified atom stereocenters. The predicted octanol–water partition coefficient (Wildman–Crippen LogP) is 2.12. The number of nitrogens with two attached hydrogens (primary N) is 1. The summed E-state index contributed by atoms with van der Waals surface area (Å²) in [6.45, 7) is 9.18. The molecular weight excluding hydrogens is 358 g/mol. The molecule has 5 N–H and O–H groups in total. The van der Waals surface area contributed by atoms with E-state index < -0.39 is 35.8 Å². The zero-order valence-electron chi connectivity index (χ0n) is 17.6. The van der Waals surface area contributed by atoms with E-state index in [0.717, 1.165) is 18.4 Å². The Hall–Kier alpha value is -2.12. The third-order valence-electron chi connectivity index (χ3n) is 4.19.